The summed E-state index contributed by atoms with van der Waals surface area (Å²) in [6.07, 6.45) is 0. The van der Waals surface area contributed by atoms with E-state index >= 15 is 0 Å². The zero-order valence-electron chi connectivity index (χ0n) is 2.97. The summed E-state index contributed by atoms with van der Waals surface area (Å²) in [5, 5.41) is 0. The summed E-state index contributed by atoms with van der Waals surface area (Å²) in [5.41, 5.74) is 0. The van der Waals surface area contributed by atoms with Crippen LogP contribution >= 0.6 is 7.23 Å². The molecule has 0 aromatic rings. The summed E-state index contributed by atoms with van der Waals surface area (Å²) in [4.78, 5) is 0. The Labute approximate surface area is 44.7 Å². The molecule has 5 heavy (non-hydrogen) atoms. The third-order valence-electron chi connectivity index (χ3n) is 0. The van der Waals surface area contributed by atoms with Crippen molar-refractivity contribution in [1.29, 1.82) is 0 Å². The first-order valence-corrected chi connectivity index (χ1v) is 5.12. The Morgan fingerprint density at radius 3 is 1.40 bits per heavy atom. The molecule has 2 nitrogen and oxygen atoms in total. The van der Waals surface area contributed by atoms with E-state index < -0.39 is 7.23 Å². The SMILES string of the molecule is O=P(=O)[SiH3].[AsH3]. The third kappa shape index (κ3) is 73.4. The zero-order valence-corrected chi connectivity index (χ0v) is 8.83. The van der Waals surface area contributed by atoms with Crippen LogP contribution in [0.25, 0.3) is 0 Å². The van der Waals surface area contributed by atoms with Gasteiger partial charge in [-0.25, -0.2) is 9.13 Å². The van der Waals surface area contributed by atoms with Crippen molar-refractivity contribution >= 4 is 35.1 Å². The summed E-state index contributed by atoms with van der Waals surface area (Å²) < 4.78 is 18.2. The Balaban J connectivity index is 0. The van der Waals surface area contributed by atoms with Gasteiger partial charge in [-0.1, -0.05) is 0 Å². The molecule has 0 saturated heterocycles. The maximum atomic E-state index is 9.10. The Bertz CT molecular complexity index is 58.0. The van der Waals surface area contributed by atoms with Crippen LogP contribution in [0.2, 0.25) is 0 Å². The minimum atomic E-state index is -1.98. The van der Waals surface area contributed by atoms with Gasteiger partial charge in [-0.15, -0.1) is 0 Å². The summed E-state index contributed by atoms with van der Waals surface area (Å²) in [6, 6.07) is 0. The molecular formula is H6AsO2PSi. The van der Waals surface area contributed by atoms with E-state index in [9.17, 15) is 0 Å². The maximum absolute atomic E-state index is 9.10. The fraction of sp³-hybridized carbons (Fsp3) is 0. The van der Waals surface area contributed by atoms with Gasteiger partial charge in [0.2, 0.25) is 0 Å². The molecule has 5 heteroatoms. The van der Waals surface area contributed by atoms with E-state index in [0.717, 1.165) is 0 Å². The minimum absolute atomic E-state index is 0. The first kappa shape index (κ1) is 9.18. The quantitative estimate of drug-likeness (QED) is 0.321. The van der Waals surface area contributed by atoms with Gasteiger partial charge in [0.25, 0.3) is 7.23 Å². The molecule has 0 aromatic heterocycles. The van der Waals surface area contributed by atoms with E-state index in [2.05, 4.69) is 0 Å². The van der Waals surface area contributed by atoms with E-state index in [1.807, 2.05) is 0 Å². The van der Waals surface area contributed by atoms with E-state index in [-0.39, 0.29) is 18.0 Å². The van der Waals surface area contributed by atoms with Crippen LogP contribution in [-0.2, 0) is 9.13 Å². The Morgan fingerprint density at radius 1 is 1.40 bits per heavy atom. The molecule has 0 aliphatic carbocycles. The van der Waals surface area contributed by atoms with Crippen molar-refractivity contribution < 1.29 is 9.13 Å². The third-order valence-corrected chi connectivity index (χ3v) is 0. The number of hydrogen-bond donors (Lipinski definition) is 0. The van der Waals surface area contributed by atoms with Gasteiger partial charge < -0.3 is 0 Å². The summed E-state index contributed by atoms with van der Waals surface area (Å²) >= 11 is 0. The van der Waals surface area contributed by atoms with Crippen molar-refractivity contribution in [3.63, 3.8) is 0 Å². The molecule has 0 aliphatic heterocycles. The molecule has 0 fully saturated rings. The van der Waals surface area contributed by atoms with Gasteiger partial charge in [-0.3, -0.25) is 0 Å². The first-order chi connectivity index (χ1) is 1.73. The Kier molecular flexibility index (Phi) is 8.59. The van der Waals surface area contributed by atoms with Crippen LogP contribution in [0.15, 0.2) is 0 Å². The molecule has 0 bridgehead atoms. The molecule has 0 aliphatic rings. The molecule has 0 spiro atoms. The van der Waals surface area contributed by atoms with Gasteiger partial charge in [-0.2, -0.15) is 0 Å². The summed E-state index contributed by atoms with van der Waals surface area (Å²) in [6.45, 7) is 0. The Hall–Kier alpha value is 0.675. The van der Waals surface area contributed by atoms with Gasteiger partial charge >= 0.3 is 18.0 Å². The number of hydrogen-bond acceptors (Lipinski definition) is 2. The van der Waals surface area contributed by atoms with Crippen LogP contribution in [-0.4, -0.2) is 27.9 Å². The topological polar surface area (TPSA) is 34.1 Å². The van der Waals surface area contributed by atoms with Crippen LogP contribution in [0.5, 0.6) is 0 Å². The molecule has 0 heterocycles. The second kappa shape index (κ2) is 4.68. The van der Waals surface area contributed by atoms with Crippen LogP contribution < -0.4 is 0 Å². The number of rotatable bonds is 0. The Morgan fingerprint density at radius 2 is 1.40 bits per heavy atom. The fourth-order valence-electron chi connectivity index (χ4n) is 0. The van der Waals surface area contributed by atoms with E-state index in [0.29, 0.717) is 9.91 Å². The molecule has 0 aromatic carbocycles. The van der Waals surface area contributed by atoms with Gasteiger partial charge in [0, 0.05) is 0 Å². The molecule has 0 amide bonds. The second-order valence-electron chi connectivity index (χ2n) is 0.440. The molecule has 1 atom stereocenters. The molecule has 1 unspecified atom stereocenters. The predicted octanol–water partition coefficient (Wildman–Crippen LogP) is -1.74. The van der Waals surface area contributed by atoms with Crippen molar-refractivity contribution in [2.24, 2.45) is 0 Å². The van der Waals surface area contributed by atoms with Crippen LogP contribution in [0.4, 0.5) is 0 Å². The van der Waals surface area contributed by atoms with Gasteiger partial charge in [0.05, 0.1) is 0 Å². The van der Waals surface area contributed by atoms with Gasteiger partial charge in [0.15, 0.2) is 9.91 Å². The predicted molar refractivity (Wildman–Crippen MR) is 28.2 cm³/mol. The molecule has 32 valence electrons. The van der Waals surface area contributed by atoms with Gasteiger partial charge in [-0.05, 0) is 0 Å². The van der Waals surface area contributed by atoms with Crippen LogP contribution in [0, 0.1) is 0 Å². The summed E-state index contributed by atoms with van der Waals surface area (Å²) in [7, 11) is -1.68. The van der Waals surface area contributed by atoms with Gasteiger partial charge in [0.1, 0.15) is 0 Å². The van der Waals surface area contributed by atoms with Crippen molar-refractivity contribution in [2.75, 3.05) is 0 Å². The van der Waals surface area contributed by atoms with E-state index in [4.69, 9.17) is 9.13 Å². The summed E-state index contributed by atoms with van der Waals surface area (Å²) in [5.74, 6) is 0. The fourth-order valence-corrected chi connectivity index (χ4v) is 0. The zero-order chi connectivity index (χ0) is 3.58. The van der Waals surface area contributed by atoms with Crippen molar-refractivity contribution in [3.05, 3.63) is 0 Å². The van der Waals surface area contributed by atoms with Crippen molar-refractivity contribution in [1.82, 2.24) is 0 Å². The van der Waals surface area contributed by atoms with E-state index in [1.165, 1.54) is 0 Å². The average Bonchev–Trinajstić information content (AvgIpc) is 0.811. The second-order valence-corrected chi connectivity index (χ2v) is 3.51. The van der Waals surface area contributed by atoms with E-state index in [1.54, 1.807) is 0 Å². The van der Waals surface area contributed by atoms with Crippen molar-refractivity contribution in [2.45, 2.75) is 0 Å². The molecule has 0 saturated carbocycles. The molecule has 0 rings (SSSR count). The average molecular weight is 172 g/mol. The standard InChI is InChI=1S/AsH3.H3O2PSi/c;1-3(2)4/h1H3;4H3. The first-order valence-electron chi connectivity index (χ1n) is 0.812. The molecular weight excluding hydrogens is 166 g/mol. The monoisotopic (exact) mass is 172 g/mol. The normalized spacial score (nSPS) is 5.60. The van der Waals surface area contributed by atoms with Crippen LogP contribution in [0.1, 0.15) is 0 Å². The van der Waals surface area contributed by atoms with Crippen LogP contribution in [0.3, 0.4) is 0 Å². The molecule has 0 N–H and O–H groups in total. The molecule has 0 radical (unpaired) electrons. The van der Waals surface area contributed by atoms with Crippen molar-refractivity contribution in [3.8, 4) is 0 Å².